The molecule has 5 nitrogen and oxygen atoms in total. The van der Waals surface area contributed by atoms with Crippen molar-refractivity contribution in [3.63, 3.8) is 0 Å². The smallest absolute Gasteiger partial charge is 0.137 e. The maximum atomic E-state index is 13.8. The van der Waals surface area contributed by atoms with E-state index < -0.39 is 17.7 Å². The number of aliphatic hydroxyl groups excluding tert-OH is 1. The first-order chi connectivity index (χ1) is 12.1. The summed E-state index contributed by atoms with van der Waals surface area (Å²) in [6, 6.07) is 12.7. The number of halogens is 2. The Morgan fingerprint density at radius 3 is 2.60 bits per heavy atom. The Hall–Kier alpha value is -2.64. The number of nitrogens with zero attached hydrogens (tertiary/aromatic N) is 3. The summed E-state index contributed by atoms with van der Waals surface area (Å²) in [5.74, 6) is -1.43. The fourth-order valence-electron chi connectivity index (χ4n) is 2.62. The van der Waals surface area contributed by atoms with Gasteiger partial charge in [0, 0.05) is 18.2 Å². The molecule has 0 saturated carbocycles. The molecule has 0 aliphatic heterocycles. The third kappa shape index (κ3) is 4.46. The van der Waals surface area contributed by atoms with Crippen LogP contribution < -0.4 is 5.32 Å². The van der Waals surface area contributed by atoms with Crippen LogP contribution in [-0.2, 0) is 6.54 Å². The average Bonchev–Trinajstić information content (AvgIpc) is 3.12. The van der Waals surface area contributed by atoms with Crippen molar-refractivity contribution in [3.8, 4) is 0 Å². The Balaban J connectivity index is 1.71. The number of aliphatic hydroxyl groups is 1. The molecule has 0 aliphatic carbocycles. The molecule has 0 fully saturated rings. The molecule has 2 unspecified atom stereocenters. The minimum Gasteiger partial charge on any atom is -0.387 e. The second-order valence-corrected chi connectivity index (χ2v) is 5.67. The molecule has 0 aliphatic rings. The number of aromatic nitrogens is 3. The van der Waals surface area contributed by atoms with Gasteiger partial charge in [-0.3, -0.25) is 4.68 Å². The van der Waals surface area contributed by atoms with Crippen LogP contribution in [0.5, 0.6) is 0 Å². The summed E-state index contributed by atoms with van der Waals surface area (Å²) in [7, 11) is 0. The second-order valence-electron chi connectivity index (χ2n) is 5.67. The van der Waals surface area contributed by atoms with Gasteiger partial charge in [0.25, 0.3) is 0 Å². The van der Waals surface area contributed by atoms with Crippen molar-refractivity contribution in [1.82, 2.24) is 20.1 Å². The maximum absolute atomic E-state index is 13.8. The Kier molecular flexibility index (Phi) is 5.47. The zero-order valence-electron chi connectivity index (χ0n) is 13.4. The summed E-state index contributed by atoms with van der Waals surface area (Å²) in [5.41, 5.74) is 1.06. The predicted molar refractivity (Wildman–Crippen MR) is 88.5 cm³/mol. The molecule has 0 bridgehead atoms. The Labute approximate surface area is 144 Å². The molecular formula is C18H18F2N4O. The highest BCUT2D eigenvalue weighted by molar-refractivity contribution is 5.22. The Bertz CT molecular complexity index is 796. The van der Waals surface area contributed by atoms with Gasteiger partial charge in [0.1, 0.15) is 24.3 Å². The van der Waals surface area contributed by atoms with Crippen LogP contribution in [0.3, 0.4) is 0 Å². The molecule has 130 valence electrons. The maximum Gasteiger partial charge on any atom is 0.137 e. The standard InChI is InChI=1S/C18H18F2N4O/c19-14-6-7-15(16(20)8-14)18(25)9-22-17(10-24-12-21-11-23-24)13-4-2-1-3-5-13/h1-8,11-12,17-18,22,25H,9-10H2. The molecule has 2 N–H and O–H groups in total. The lowest BCUT2D eigenvalue weighted by Gasteiger charge is -2.21. The number of hydrogen-bond donors (Lipinski definition) is 2. The normalized spacial score (nSPS) is 13.6. The number of rotatable bonds is 7. The minimum absolute atomic E-state index is 0.0569. The van der Waals surface area contributed by atoms with Crippen LogP contribution in [-0.4, -0.2) is 26.4 Å². The second kappa shape index (κ2) is 7.96. The fraction of sp³-hybridized carbons (Fsp3) is 0.222. The van der Waals surface area contributed by atoms with Gasteiger partial charge in [0.2, 0.25) is 0 Å². The van der Waals surface area contributed by atoms with Crippen LogP contribution in [0, 0.1) is 11.6 Å². The number of nitrogens with one attached hydrogen (secondary N) is 1. The first kappa shape index (κ1) is 17.2. The monoisotopic (exact) mass is 344 g/mol. The van der Waals surface area contributed by atoms with Crippen LogP contribution in [0.25, 0.3) is 0 Å². The lowest BCUT2D eigenvalue weighted by Crippen LogP contribution is -2.30. The van der Waals surface area contributed by atoms with Gasteiger partial charge in [-0.25, -0.2) is 13.8 Å². The van der Waals surface area contributed by atoms with Gasteiger partial charge in [0.05, 0.1) is 18.7 Å². The van der Waals surface area contributed by atoms with Crippen molar-refractivity contribution in [3.05, 3.63) is 83.9 Å². The molecule has 0 radical (unpaired) electrons. The predicted octanol–water partition coefficient (Wildman–Crippen LogP) is 2.62. The van der Waals surface area contributed by atoms with Crippen LogP contribution in [0.15, 0.2) is 61.2 Å². The topological polar surface area (TPSA) is 63.0 Å². The largest absolute Gasteiger partial charge is 0.387 e. The molecule has 1 aromatic heterocycles. The SMILES string of the molecule is OC(CNC(Cn1cncn1)c1ccccc1)c1ccc(F)cc1F. The van der Waals surface area contributed by atoms with Gasteiger partial charge in [0.15, 0.2) is 0 Å². The quantitative estimate of drug-likeness (QED) is 0.692. The van der Waals surface area contributed by atoms with Crippen molar-refractivity contribution in [2.45, 2.75) is 18.7 Å². The molecule has 2 aromatic carbocycles. The van der Waals surface area contributed by atoms with Crippen molar-refractivity contribution in [2.24, 2.45) is 0 Å². The van der Waals surface area contributed by atoms with Gasteiger partial charge in [-0.05, 0) is 11.6 Å². The zero-order valence-corrected chi connectivity index (χ0v) is 13.4. The third-order valence-corrected chi connectivity index (χ3v) is 3.92. The van der Waals surface area contributed by atoms with Crippen LogP contribution in [0.1, 0.15) is 23.3 Å². The summed E-state index contributed by atoms with van der Waals surface area (Å²) in [5, 5.41) is 17.6. The molecule has 0 spiro atoms. The molecule has 1 heterocycles. The van der Waals surface area contributed by atoms with E-state index in [4.69, 9.17) is 0 Å². The van der Waals surface area contributed by atoms with E-state index in [1.54, 1.807) is 11.0 Å². The van der Waals surface area contributed by atoms with Gasteiger partial charge in [-0.1, -0.05) is 36.4 Å². The number of hydrogen-bond acceptors (Lipinski definition) is 4. The zero-order chi connectivity index (χ0) is 17.6. The van der Waals surface area contributed by atoms with E-state index in [1.807, 2.05) is 30.3 Å². The van der Waals surface area contributed by atoms with E-state index in [0.717, 1.165) is 17.7 Å². The third-order valence-electron chi connectivity index (χ3n) is 3.92. The first-order valence-electron chi connectivity index (χ1n) is 7.87. The van der Waals surface area contributed by atoms with E-state index >= 15 is 0 Å². The first-order valence-corrected chi connectivity index (χ1v) is 7.87. The van der Waals surface area contributed by atoms with E-state index in [-0.39, 0.29) is 18.2 Å². The minimum atomic E-state index is -1.09. The molecule has 2 atom stereocenters. The summed E-state index contributed by atoms with van der Waals surface area (Å²) in [6.07, 6.45) is 1.96. The molecule has 3 aromatic rings. The number of benzene rings is 2. The lowest BCUT2D eigenvalue weighted by atomic mass is 10.0. The summed E-state index contributed by atoms with van der Waals surface area (Å²) < 4.78 is 28.5. The van der Waals surface area contributed by atoms with Gasteiger partial charge >= 0.3 is 0 Å². The van der Waals surface area contributed by atoms with Gasteiger partial charge < -0.3 is 10.4 Å². The molecule has 7 heteroatoms. The highest BCUT2D eigenvalue weighted by Crippen LogP contribution is 2.20. The molecular weight excluding hydrogens is 326 g/mol. The average molecular weight is 344 g/mol. The van der Waals surface area contributed by atoms with E-state index in [9.17, 15) is 13.9 Å². The van der Waals surface area contributed by atoms with Crippen molar-refractivity contribution >= 4 is 0 Å². The molecule has 0 saturated heterocycles. The van der Waals surface area contributed by atoms with Crippen LogP contribution >= 0.6 is 0 Å². The van der Waals surface area contributed by atoms with E-state index in [0.29, 0.717) is 6.54 Å². The van der Waals surface area contributed by atoms with E-state index in [2.05, 4.69) is 15.4 Å². The highest BCUT2D eigenvalue weighted by Gasteiger charge is 2.17. The summed E-state index contributed by atoms with van der Waals surface area (Å²) >= 11 is 0. The Morgan fingerprint density at radius 1 is 1.12 bits per heavy atom. The van der Waals surface area contributed by atoms with Crippen molar-refractivity contribution < 1.29 is 13.9 Å². The van der Waals surface area contributed by atoms with E-state index in [1.165, 1.54) is 12.4 Å². The molecule has 3 rings (SSSR count). The molecule has 0 amide bonds. The van der Waals surface area contributed by atoms with Gasteiger partial charge in [-0.2, -0.15) is 5.10 Å². The van der Waals surface area contributed by atoms with Crippen molar-refractivity contribution in [1.29, 1.82) is 0 Å². The summed E-state index contributed by atoms with van der Waals surface area (Å²) in [4.78, 5) is 3.92. The lowest BCUT2D eigenvalue weighted by molar-refractivity contribution is 0.163. The Morgan fingerprint density at radius 2 is 1.92 bits per heavy atom. The fourth-order valence-corrected chi connectivity index (χ4v) is 2.62. The van der Waals surface area contributed by atoms with Crippen molar-refractivity contribution in [2.75, 3.05) is 6.54 Å². The van der Waals surface area contributed by atoms with Crippen LogP contribution in [0.2, 0.25) is 0 Å². The highest BCUT2D eigenvalue weighted by atomic mass is 19.1. The van der Waals surface area contributed by atoms with Gasteiger partial charge in [-0.15, -0.1) is 0 Å². The molecule has 25 heavy (non-hydrogen) atoms. The summed E-state index contributed by atoms with van der Waals surface area (Å²) in [6.45, 7) is 0.611. The van der Waals surface area contributed by atoms with Crippen LogP contribution in [0.4, 0.5) is 8.78 Å².